The van der Waals surface area contributed by atoms with Crippen molar-refractivity contribution in [3.05, 3.63) is 159 Å². The van der Waals surface area contributed by atoms with Crippen LogP contribution < -0.4 is 0 Å². The van der Waals surface area contributed by atoms with Gasteiger partial charge in [-0.15, -0.1) is 0 Å². The van der Waals surface area contributed by atoms with E-state index in [1.54, 1.807) is 37.2 Å². The summed E-state index contributed by atoms with van der Waals surface area (Å²) in [6.45, 7) is 0. The fourth-order valence-corrected chi connectivity index (χ4v) is 5.00. The molecule has 9 heteroatoms. The minimum Gasteiger partial charge on any atom is -0.255 e. The molecule has 226 valence electrons. The zero-order chi connectivity index (χ0) is 31.0. The summed E-state index contributed by atoms with van der Waals surface area (Å²) in [7, 11) is 0. The zero-order valence-corrected chi connectivity index (χ0v) is 26.7. The Kier molecular flexibility index (Phi) is 9.86. The summed E-state index contributed by atoms with van der Waals surface area (Å²) in [6, 6.07) is 39.0. The van der Waals surface area contributed by atoms with E-state index in [0.29, 0.717) is 0 Å². The van der Waals surface area contributed by atoms with Gasteiger partial charge < -0.3 is 0 Å². The van der Waals surface area contributed by atoms with Gasteiger partial charge in [0.05, 0.1) is 55.9 Å². The van der Waals surface area contributed by atoms with E-state index in [0.717, 1.165) is 66.6 Å². The van der Waals surface area contributed by atoms with Gasteiger partial charge in [-0.1, -0.05) is 36.4 Å². The van der Waals surface area contributed by atoms with Crippen molar-refractivity contribution in [3.8, 4) is 22.8 Å². The van der Waals surface area contributed by atoms with Crippen molar-refractivity contribution in [2.24, 2.45) is 0 Å². The van der Waals surface area contributed by atoms with Crippen LogP contribution in [0, 0.1) is 0 Å². The minimum absolute atomic E-state index is 0. The zero-order valence-electron chi connectivity index (χ0n) is 24.9. The van der Waals surface area contributed by atoms with Gasteiger partial charge in [-0.2, -0.15) is 0 Å². The first-order valence-electron chi connectivity index (χ1n) is 14.7. The first kappa shape index (κ1) is 31.1. The average molecular weight is 696 g/mol. The van der Waals surface area contributed by atoms with Gasteiger partial charge in [-0.3, -0.25) is 29.9 Å². The van der Waals surface area contributed by atoms with Gasteiger partial charge >= 0.3 is 0 Å². The second-order valence-electron chi connectivity index (χ2n) is 10.1. The Balaban J connectivity index is 0.000000132. The largest absolute Gasteiger partial charge is 0.255 e. The van der Waals surface area contributed by atoms with E-state index < -0.39 is 0 Å². The van der Waals surface area contributed by atoms with E-state index in [1.807, 2.05) is 121 Å². The van der Waals surface area contributed by atoms with Crippen LogP contribution in [0.4, 0.5) is 0 Å². The number of para-hydroxylation sites is 2. The fourth-order valence-electron chi connectivity index (χ4n) is 5.00. The molecule has 0 aliphatic carbocycles. The van der Waals surface area contributed by atoms with Gasteiger partial charge in [0.1, 0.15) is 0 Å². The Morgan fingerprint density at radius 3 is 0.915 bits per heavy atom. The van der Waals surface area contributed by atoms with Crippen LogP contribution in [0.5, 0.6) is 0 Å². The van der Waals surface area contributed by atoms with Crippen molar-refractivity contribution >= 4 is 43.9 Å². The Morgan fingerprint density at radius 2 is 0.596 bits per heavy atom. The van der Waals surface area contributed by atoms with E-state index in [-0.39, 0.29) is 19.5 Å². The maximum atomic E-state index is 4.83. The number of benzene rings is 2. The van der Waals surface area contributed by atoms with Crippen LogP contribution in [0.1, 0.15) is 0 Å². The molecule has 0 amide bonds. The molecule has 0 spiro atoms. The fraction of sp³-hybridized carbons (Fsp3) is 0. The van der Waals surface area contributed by atoms with Crippen molar-refractivity contribution in [2.45, 2.75) is 0 Å². The quantitative estimate of drug-likeness (QED) is 0.101. The number of nitrogens with zero attached hydrogens (tertiary/aromatic N) is 8. The minimum atomic E-state index is 0. The second kappa shape index (κ2) is 14.9. The molecule has 0 aliphatic rings. The van der Waals surface area contributed by atoms with E-state index in [9.17, 15) is 0 Å². The number of aromatic nitrogens is 8. The van der Waals surface area contributed by atoms with Crippen LogP contribution in [0.2, 0.25) is 0 Å². The summed E-state index contributed by atoms with van der Waals surface area (Å²) in [4.78, 5) is 35.4. The molecule has 0 bridgehead atoms. The molecule has 0 unspecified atom stereocenters. The number of pyridine rings is 6. The summed E-state index contributed by atoms with van der Waals surface area (Å²) in [5, 5.41) is 1.98. The SMILES string of the molecule is [Ru].c1ccc(-c2ccccn2)nc1.c1ccc(-c2ccccn2)nc1.c1ccc2nc3c4cccnc4c4ncccc4c3nc2c1. The van der Waals surface area contributed by atoms with Crippen LogP contribution in [-0.2, 0) is 19.5 Å². The molecule has 0 radical (unpaired) electrons. The first-order valence-corrected chi connectivity index (χ1v) is 14.7. The number of hydrogen-bond acceptors (Lipinski definition) is 8. The van der Waals surface area contributed by atoms with Crippen molar-refractivity contribution in [3.63, 3.8) is 0 Å². The van der Waals surface area contributed by atoms with Crippen LogP contribution >= 0.6 is 0 Å². The van der Waals surface area contributed by atoms with Gasteiger partial charge in [-0.25, -0.2) is 9.97 Å². The molecular weight excluding hydrogens is 670 g/mol. The summed E-state index contributed by atoms with van der Waals surface area (Å²) in [6.07, 6.45) is 10.6. The van der Waals surface area contributed by atoms with E-state index >= 15 is 0 Å². The first-order chi connectivity index (χ1) is 22.8. The molecule has 0 N–H and O–H groups in total. The van der Waals surface area contributed by atoms with Crippen LogP contribution in [-0.4, -0.2) is 39.9 Å². The molecule has 9 aromatic rings. The van der Waals surface area contributed by atoms with E-state index in [2.05, 4.69) is 29.9 Å². The van der Waals surface area contributed by atoms with Crippen molar-refractivity contribution in [1.29, 1.82) is 0 Å². The normalized spacial score (nSPS) is 10.4. The van der Waals surface area contributed by atoms with Gasteiger partial charge in [0, 0.05) is 67.4 Å². The molecular formula is C38H26N8Ru. The standard InChI is InChI=1S/C18H10N4.2C10H8N2.Ru/c1-2-8-14-13(7-1)21-17-11-5-3-9-19-15(11)16-12(18(17)22-14)6-4-10-20-16;2*1-3-7-11-9(5-1)10-6-2-4-8-12-10;/h1-10H;2*1-8H;. The monoisotopic (exact) mass is 696 g/mol. The Hall–Kier alpha value is -5.92. The summed E-state index contributed by atoms with van der Waals surface area (Å²) in [5.74, 6) is 0. The van der Waals surface area contributed by atoms with Gasteiger partial charge in [0.25, 0.3) is 0 Å². The number of hydrogen-bond donors (Lipinski definition) is 0. The summed E-state index contributed by atoms with van der Waals surface area (Å²) >= 11 is 0. The molecule has 7 aromatic heterocycles. The third kappa shape index (κ3) is 7.01. The Labute approximate surface area is 283 Å². The van der Waals surface area contributed by atoms with Crippen molar-refractivity contribution in [1.82, 2.24) is 39.9 Å². The maximum Gasteiger partial charge on any atom is 0.0996 e. The van der Waals surface area contributed by atoms with Gasteiger partial charge in [0.2, 0.25) is 0 Å². The molecule has 9 rings (SSSR count). The smallest absolute Gasteiger partial charge is 0.0996 e. The average Bonchev–Trinajstić information content (AvgIpc) is 3.16. The molecule has 0 aliphatic heterocycles. The van der Waals surface area contributed by atoms with Gasteiger partial charge in [-0.05, 0) is 84.9 Å². The number of fused-ring (bicyclic) bond motifs is 7. The predicted molar refractivity (Wildman–Crippen MR) is 183 cm³/mol. The van der Waals surface area contributed by atoms with Crippen LogP contribution in [0.15, 0.2) is 159 Å². The third-order valence-corrected chi connectivity index (χ3v) is 7.10. The van der Waals surface area contributed by atoms with Gasteiger partial charge in [0.15, 0.2) is 0 Å². The van der Waals surface area contributed by atoms with E-state index in [1.165, 1.54) is 0 Å². The predicted octanol–water partition coefficient (Wildman–Crippen LogP) is 8.16. The third-order valence-electron chi connectivity index (χ3n) is 7.10. The van der Waals surface area contributed by atoms with Crippen molar-refractivity contribution in [2.75, 3.05) is 0 Å². The summed E-state index contributed by atoms with van der Waals surface area (Å²) in [5.41, 5.74) is 8.94. The van der Waals surface area contributed by atoms with E-state index in [4.69, 9.17) is 9.97 Å². The number of rotatable bonds is 2. The van der Waals surface area contributed by atoms with Crippen molar-refractivity contribution < 1.29 is 19.5 Å². The molecule has 0 saturated carbocycles. The second-order valence-corrected chi connectivity index (χ2v) is 10.1. The maximum absolute atomic E-state index is 4.83. The molecule has 0 fully saturated rings. The molecule has 0 atom stereocenters. The van der Waals surface area contributed by atoms with Crippen LogP contribution in [0.25, 0.3) is 66.6 Å². The topological polar surface area (TPSA) is 103 Å². The molecule has 47 heavy (non-hydrogen) atoms. The Bertz CT molecular complexity index is 2120. The summed E-state index contributed by atoms with van der Waals surface area (Å²) < 4.78 is 0. The molecule has 2 aromatic carbocycles. The molecule has 7 heterocycles. The van der Waals surface area contributed by atoms with Crippen LogP contribution in [0.3, 0.4) is 0 Å². The molecule has 8 nitrogen and oxygen atoms in total. The molecule has 0 saturated heterocycles. The Morgan fingerprint density at radius 1 is 0.277 bits per heavy atom.